The van der Waals surface area contributed by atoms with E-state index in [4.69, 9.17) is 10.5 Å². The molecule has 6 nitrogen and oxygen atoms in total. The third kappa shape index (κ3) is 6.06. The van der Waals surface area contributed by atoms with E-state index in [1.54, 1.807) is 14.1 Å². The molecule has 2 amide bonds. The summed E-state index contributed by atoms with van der Waals surface area (Å²) in [5.74, 6) is -0.0450. The molecule has 0 bridgehead atoms. The van der Waals surface area contributed by atoms with Gasteiger partial charge in [-0.1, -0.05) is 62.4 Å². The minimum absolute atomic E-state index is 0.0519. The average Bonchev–Trinajstić information content (AvgIpc) is 2.75. The Kier molecular flexibility index (Phi) is 8.21. The van der Waals surface area contributed by atoms with E-state index in [9.17, 15) is 9.59 Å². The van der Waals surface area contributed by atoms with Crippen molar-refractivity contribution >= 4 is 11.8 Å². The van der Waals surface area contributed by atoms with E-state index >= 15 is 0 Å². The summed E-state index contributed by atoms with van der Waals surface area (Å²) in [5, 5.41) is 3.09. The number of rotatable bonds is 9. The lowest BCUT2D eigenvalue weighted by Gasteiger charge is -2.25. The summed E-state index contributed by atoms with van der Waals surface area (Å²) in [7, 11) is 3.37. The third-order valence-electron chi connectivity index (χ3n) is 5.01. The van der Waals surface area contributed by atoms with E-state index in [-0.39, 0.29) is 24.5 Å². The zero-order valence-corrected chi connectivity index (χ0v) is 17.6. The minimum Gasteiger partial charge on any atom is -0.483 e. The second kappa shape index (κ2) is 10.6. The maximum Gasteiger partial charge on any atom is 0.259 e. The van der Waals surface area contributed by atoms with Crippen molar-refractivity contribution < 1.29 is 14.3 Å². The van der Waals surface area contributed by atoms with Crippen molar-refractivity contribution in [2.24, 2.45) is 11.7 Å². The lowest BCUT2D eigenvalue weighted by molar-refractivity contribution is -0.131. The fourth-order valence-electron chi connectivity index (χ4n) is 3.00. The summed E-state index contributed by atoms with van der Waals surface area (Å²) in [6, 6.07) is 16.4. The number of nitrogens with one attached hydrogen (secondary N) is 1. The van der Waals surface area contributed by atoms with Crippen molar-refractivity contribution in [2.45, 2.75) is 32.4 Å². The van der Waals surface area contributed by atoms with E-state index in [2.05, 4.69) is 5.32 Å². The summed E-state index contributed by atoms with van der Waals surface area (Å²) in [6.07, 6.45) is 0.682. The Bertz CT molecular complexity index is 808. The highest BCUT2D eigenvalue weighted by Crippen LogP contribution is 2.28. The Morgan fingerprint density at radius 3 is 2.31 bits per heavy atom. The summed E-state index contributed by atoms with van der Waals surface area (Å²) in [4.78, 5) is 26.2. The van der Waals surface area contributed by atoms with Crippen molar-refractivity contribution in [1.29, 1.82) is 0 Å². The molecule has 0 aliphatic carbocycles. The fourth-order valence-corrected chi connectivity index (χ4v) is 3.00. The lowest BCUT2D eigenvalue weighted by Crippen LogP contribution is -2.37. The van der Waals surface area contributed by atoms with Gasteiger partial charge in [-0.3, -0.25) is 9.59 Å². The van der Waals surface area contributed by atoms with Gasteiger partial charge in [0, 0.05) is 25.7 Å². The Labute approximate surface area is 173 Å². The number of amides is 2. The van der Waals surface area contributed by atoms with Gasteiger partial charge in [0.1, 0.15) is 5.75 Å². The molecule has 0 heterocycles. The van der Waals surface area contributed by atoms with Crippen LogP contribution in [-0.2, 0) is 9.59 Å². The Morgan fingerprint density at radius 2 is 1.69 bits per heavy atom. The molecule has 156 valence electrons. The largest absolute Gasteiger partial charge is 0.483 e. The van der Waals surface area contributed by atoms with Crippen molar-refractivity contribution in [3.63, 3.8) is 0 Å². The van der Waals surface area contributed by atoms with Crippen LogP contribution in [0.15, 0.2) is 54.6 Å². The molecule has 0 aromatic heterocycles. The molecule has 2 aromatic carbocycles. The normalized spacial score (nSPS) is 13.8. The Balaban J connectivity index is 2.11. The number of nitrogens with zero attached hydrogens (tertiary/aromatic N) is 1. The summed E-state index contributed by atoms with van der Waals surface area (Å²) < 4.78 is 5.73. The number of likely N-dealkylation sites (N-methyl/N-ethyl adjacent to an activating group) is 1. The van der Waals surface area contributed by atoms with Crippen LogP contribution in [0.4, 0.5) is 0 Å². The van der Waals surface area contributed by atoms with Gasteiger partial charge in [-0.2, -0.15) is 0 Å². The zero-order valence-electron chi connectivity index (χ0n) is 17.6. The predicted molar refractivity (Wildman–Crippen MR) is 114 cm³/mol. The van der Waals surface area contributed by atoms with Gasteiger partial charge in [0.25, 0.3) is 5.91 Å². The van der Waals surface area contributed by atoms with Gasteiger partial charge in [0.15, 0.2) is 6.61 Å². The first-order chi connectivity index (χ1) is 13.8. The van der Waals surface area contributed by atoms with E-state index in [1.807, 2.05) is 68.4 Å². The van der Waals surface area contributed by atoms with Gasteiger partial charge in [-0.15, -0.1) is 0 Å². The second-order valence-electron chi connectivity index (χ2n) is 7.31. The summed E-state index contributed by atoms with van der Waals surface area (Å²) in [6.45, 7) is 3.77. The molecule has 3 unspecified atom stereocenters. The topological polar surface area (TPSA) is 84.7 Å². The van der Waals surface area contributed by atoms with Crippen LogP contribution >= 0.6 is 0 Å². The molecule has 0 saturated heterocycles. The molecule has 3 atom stereocenters. The minimum atomic E-state index is -0.394. The summed E-state index contributed by atoms with van der Waals surface area (Å²) in [5.41, 5.74) is 8.07. The van der Waals surface area contributed by atoms with Crippen LogP contribution in [-0.4, -0.2) is 37.4 Å². The van der Waals surface area contributed by atoms with Gasteiger partial charge in [0.2, 0.25) is 5.91 Å². The number of carbonyl (C=O) groups is 2. The molecule has 29 heavy (non-hydrogen) atoms. The van der Waals surface area contributed by atoms with Gasteiger partial charge < -0.3 is 20.7 Å². The Morgan fingerprint density at radius 1 is 1.07 bits per heavy atom. The second-order valence-corrected chi connectivity index (χ2v) is 7.31. The summed E-state index contributed by atoms with van der Waals surface area (Å²) >= 11 is 0. The molecule has 0 saturated carbocycles. The van der Waals surface area contributed by atoms with Crippen molar-refractivity contribution in [1.82, 2.24) is 10.2 Å². The monoisotopic (exact) mass is 397 g/mol. The van der Waals surface area contributed by atoms with Gasteiger partial charge in [0.05, 0.1) is 12.0 Å². The molecule has 3 N–H and O–H groups in total. The van der Waals surface area contributed by atoms with E-state index in [0.29, 0.717) is 12.2 Å². The highest BCUT2D eigenvalue weighted by Gasteiger charge is 2.25. The maximum absolute atomic E-state index is 12.9. The first-order valence-electron chi connectivity index (χ1n) is 9.87. The number of nitrogens with two attached hydrogens (primary N) is 1. The molecular weight excluding hydrogens is 366 g/mol. The number of ether oxygens (including phenoxy) is 1. The lowest BCUT2D eigenvalue weighted by atomic mass is 9.93. The van der Waals surface area contributed by atoms with Crippen molar-refractivity contribution in [2.75, 3.05) is 20.7 Å². The van der Waals surface area contributed by atoms with E-state index < -0.39 is 12.0 Å². The van der Waals surface area contributed by atoms with Crippen LogP contribution in [0.25, 0.3) is 0 Å². The fraction of sp³-hybridized carbons (Fsp3) is 0.391. The maximum atomic E-state index is 12.9. The molecule has 0 radical (unpaired) electrons. The molecule has 2 rings (SSSR count). The third-order valence-corrected chi connectivity index (χ3v) is 5.01. The van der Waals surface area contributed by atoms with Crippen LogP contribution in [0.3, 0.4) is 0 Å². The number of hydrogen-bond donors (Lipinski definition) is 2. The number of hydrogen-bond acceptors (Lipinski definition) is 4. The van der Waals surface area contributed by atoms with Crippen molar-refractivity contribution in [3.05, 3.63) is 65.7 Å². The first-order valence-corrected chi connectivity index (χ1v) is 9.87. The molecular formula is C23H31N3O3. The SMILES string of the molecule is CCC(NC(=O)C(C)C(N)c1ccccc1)c1ccccc1OCC(=O)N(C)C. The van der Waals surface area contributed by atoms with Gasteiger partial charge in [-0.25, -0.2) is 0 Å². The molecule has 0 fully saturated rings. The molecule has 0 spiro atoms. The molecule has 0 aliphatic heterocycles. The van der Waals surface area contributed by atoms with E-state index in [0.717, 1.165) is 11.1 Å². The standard InChI is InChI=1S/C23H31N3O3/c1-5-19(18-13-9-10-14-20(18)29-15-21(27)26(3)4)25-23(28)16(2)22(24)17-11-7-6-8-12-17/h6-14,16,19,22H,5,15,24H2,1-4H3,(H,25,28). The molecule has 0 aliphatic rings. The number of carbonyl (C=O) groups excluding carboxylic acids is 2. The zero-order chi connectivity index (χ0) is 21.4. The number of benzene rings is 2. The van der Waals surface area contributed by atoms with Crippen LogP contribution < -0.4 is 15.8 Å². The first kappa shape index (κ1) is 22.4. The Hall–Kier alpha value is -2.86. The van der Waals surface area contributed by atoms with Crippen LogP contribution in [0.2, 0.25) is 0 Å². The average molecular weight is 398 g/mol. The highest BCUT2D eigenvalue weighted by molar-refractivity contribution is 5.80. The van der Waals surface area contributed by atoms with Gasteiger partial charge in [-0.05, 0) is 18.1 Å². The van der Waals surface area contributed by atoms with Crippen LogP contribution in [0, 0.1) is 5.92 Å². The van der Waals surface area contributed by atoms with Gasteiger partial charge >= 0.3 is 0 Å². The van der Waals surface area contributed by atoms with Crippen LogP contribution in [0.1, 0.15) is 43.5 Å². The predicted octanol–water partition coefficient (Wildman–Crippen LogP) is 3.06. The van der Waals surface area contributed by atoms with Crippen molar-refractivity contribution in [3.8, 4) is 5.75 Å². The molecule has 2 aromatic rings. The molecule has 6 heteroatoms. The van der Waals surface area contributed by atoms with E-state index in [1.165, 1.54) is 4.90 Å². The highest BCUT2D eigenvalue weighted by atomic mass is 16.5. The van der Waals surface area contributed by atoms with Crippen LogP contribution in [0.5, 0.6) is 5.75 Å². The smallest absolute Gasteiger partial charge is 0.259 e. The number of para-hydroxylation sites is 1. The quantitative estimate of drug-likeness (QED) is 0.681.